The number of hydrogen-bond acceptors (Lipinski definition) is 3. The molecule has 4 nitrogen and oxygen atoms in total. The van der Waals surface area contributed by atoms with Crippen molar-refractivity contribution in [2.24, 2.45) is 0 Å². The van der Waals surface area contributed by atoms with E-state index in [1.54, 1.807) is 37.3 Å². The average Bonchev–Trinajstić information content (AvgIpc) is 2.41. The van der Waals surface area contributed by atoms with Gasteiger partial charge in [-0.25, -0.2) is 0 Å². The number of carbonyl (C=O) groups excluding carboxylic acids is 1. The lowest BCUT2D eigenvalue weighted by atomic mass is 10.2. The zero-order valence-electron chi connectivity index (χ0n) is 11.3. The first-order valence-electron chi connectivity index (χ1n) is 6.24. The molecule has 2 aromatic carbocycles. The molecular formula is C15H14BrClN2O2. The van der Waals surface area contributed by atoms with Gasteiger partial charge in [-0.1, -0.05) is 33.6 Å². The van der Waals surface area contributed by atoms with E-state index in [0.717, 1.165) is 4.47 Å². The Labute approximate surface area is 136 Å². The van der Waals surface area contributed by atoms with Gasteiger partial charge in [-0.05, 0) is 43.3 Å². The maximum absolute atomic E-state index is 12.1. The second-order valence-corrected chi connectivity index (χ2v) is 5.77. The van der Waals surface area contributed by atoms with Crippen LogP contribution >= 0.6 is 27.5 Å². The van der Waals surface area contributed by atoms with Crippen molar-refractivity contribution in [3.63, 3.8) is 0 Å². The van der Waals surface area contributed by atoms with Gasteiger partial charge >= 0.3 is 0 Å². The van der Waals surface area contributed by atoms with Gasteiger partial charge in [0, 0.05) is 10.2 Å². The first-order valence-corrected chi connectivity index (χ1v) is 7.41. The van der Waals surface area contributed by atoms with Crippen LogP contribution in [0.15, 0.2) is 46.9 Å². The van der Waals surface area contributed by atoms with Crippen LogP contribution in [0, 0.1) is 0 Å². The third kappa shape index (κ3) is 4.37. The van der Waals surface area contributed by atoms with Gasteiger partial charge in [-0.15, -0.1) is 0 Å². The van der Waals surface area contributed by atoms with E-state index in [4.69, 9.17) is 22.1 Å². The normalized spacial score (nSPS) is 11.8. The monoisotopic (exact) mass is 368 g/mol. The van der Waals surface area contributed by atoms with Gasteiger partial charge in [-0.3, -0.25) is 4.79 Å². The van der Waals surface area contributed by atoms with Crippen LogP contribution < -0.4 is 15.8 Å². The van der Waals surface area contributed by atoms with E-state index in [-0.39, 0.29) is 5.91 Å². The van der Waals surface area contributed by atoms with Crippen molar-refractivity contribution in [1.29, 1.82) is 0 Å². The Morgan fingerprint density at radius 2 is 2.10 bits per heavy atom. The van der Waals surface area contributed by atoms with Gasteiger partial charge in [0.15, 0.2) is 6.10 Å². The number of ether oxygens (including phenoxy) is 1. The molecule has 1 amide bonds. The number of hydrogen-bond donors (Lipinski definition) is 2. The fraction of sp³-hybridized carbons (Fsp3) is 0.133. The second kappa shape index (κ2) is 6.83. The summed E-state index contributed by atoms with van der Waals surface area (Å²) in [5.41, 5.74) is 6.65. The molecule has 0 saturated carbocycles. The number of rotatable bonds is 4. The number of halogens is 2. The molecule has 0 heterocycles. The highest BCUT2D eigenvalue weighted by Gasteiger charge is 2.16. The lowest BCUT2D eigenvalue weighted by molar-refractivity contribution is -0.122. The van der Waals surface area contributed by atoms with E-state index in [9.17, 15) is 4.79 Å². The Morgan fingerprint density at radius 1 is 1.33 bits per heavy atom. The zero-order valence-corrected chi connectivity index (χ0v) is 13.6. The second-order valence-electron chi connectivity index (χ2n) is 4.45. The van der Waals surface area contributed by atoms with E-state index in [0.29, 0.717) is 22.1 Å². The summed E-state index contributed by atoms with van der Waals surface area (Å²) in [7, 11) is 0. The van der Waals surface area contributed by atoms with E-state index in [1.807, 2.05) is 12.1 Å². The molecule has 110 valence electrons. The minimum atomic E-state index is -0.659. The summed E-state index contributed by atoms with van der Waals surface area (Å²) in [5.74, 6) is 0.317. The molecule has 0 fully saturated rings. The number of nitrogens with one attached hydrogen (secondary N) is 1. The Hall–Kier alpha value is -1.72. The SMILES string of the molecule is CC(Oc1cccc(Br)c1)C(=O)Nc1ccc(N)cc1Cl. The Balaban J connectivity index is 2.02. The molecule has 2 rings (SSSR count). The van der Waals surface area contributed by atoms with E-state index in [1.165, 1.54) is 0 Å². The average molecular weight is 370 g/mol. The number of benzene rings is 2. The highest BCUT2D eigenvalue weighted by atomic mass is 79.9. The molecule has 0 spiro atoms. The highest BCUT2D eigenvalue weighted by molar-refractivity contribution is 9.10. The lowest BCUT2D eigenvalue weighted by Gasteiger charge is -2.15. The van der Waals surface area contributed by atoms with Gasteiger partial charge in [0.25, 0.3) is 5.91 Å². The molecule has 0 bridgehead atoms. The van der Waals surface area contributed by atoms with Crippen LogP contribution in [0.2, 0.25) is 5.02 Å². The maximum Gasteiger partial charge on any atom is 0.265 e. The largest absolute Gasteiger partial charge is 0.481 e. The summed E-state index contributed by atoms with van der Waals surface area (Å²) in [5, 5.41) is 3.10. The summed E-state index contributed by atoms with van der Waals surface area (Å²) in [6.45, 7) is 1.67. The standard InChI is InChI=1S/C15H14BrClN2O2/c1-9(21-12-4-2-3-10(16)7-12)15(20)19-14-6-5-11(18)8-13(14)17/h2-9H,18H2,1H3,(H,19,20). The molecule has 0 saturated heterocycles. The van der Waals surface area contributed by atoms with Crippen LogP contribution in [0.5, 0.6) is 5.75 Å². The molecular weight excluding hydrogens is 356 g/mol. The van der Waals surface area contributed by atoms with Crippen molar-refractivity contribution in [1.82, 2.24) is 0 Å². The van der Waals surface area contributed by atoms with E-state index < -0.39 is 6.10 Å². The smallest absolute Gasteiger partial charge is 0.265 e. The minimum absolute atomic E-state index is 0.290. The van der Waals surface area contributed by atoms with Crippen LogP contribution in [0.4, 0.5) is 11.4 Å². The Kier molecular flexibility index (Phi) is 5.09. The molecule has 2 aromatic rings. The van der Waals surface area contributed by atoms with Crippen molar-refractivity contribution in [3.8, 4) is 5.75 Å². The van der Waals surface area contributed by atoms with Gasteiger partial charge in [0.2, 0.25) is 0 Å². The number of anilines is 2. The first-order chi connectivity index (χ1) is 9.95. The van der Waals surface area contributed by atoms with Crippen LogP contribution in [-0.2, 0) is 4.79 Å². The molecule has 0 aromatic heterocycles. The summed E-state index contributed by atoms with van der Waals surface area (Å²) in [6.07, 6.45) is -0.659. The van der Waals surface area contributed by atoms with Crippen molar-refractivity contribution in [3.05, 3.63) is 52.0 Å². The third-order valence-corrected chi connectivity index (χ3v) is 3.54. The number of amides is 1. The maximum atomic E-state index is 12.1. The lowest BCUT2D eigenvalue weighted by Crippen LogP contribution is -2.30. The summed E-state index contributed by atoms with van der Waals surface area (Å²) >= 11 is 9.37. The highest BCUT2D eigenvalue weighted by Crippen LogP contribution is 2.24. The van der Waals surface area contributed by atoms with E-state index in [2.05, 4.69) is 21.2 Å². The van der Waals surface area contributed by atoms with Crippen LogP contribution in [0.1, 0.15) is 6.92 Å². The van der Waals surface area contributed by atoms with Gasteiger partial charge in [0.1, 0.15) is 5.75 Å². The van der Waals surface area contributed by atoms with Gasteiger partial charge in [0.05, 0.1) is 10.7 Å². The molecule has 0 aliphatic heterocycles. The quantitative estimate of drug-likeness (QED) is 0.798. The molecule has 1 atom stereocenters. The summed E-state index contributed by atoms with van der Waals surface area (Å²) in [6, 6.07) is 12.2. The molecule has 0 aliphatic rings. The fourth-order valence-corrected chi connectivity index (χ4v) is 2.28. The van der Waals surface area contributed by atoms with Gasteiger partial charge < -0.3 is 15.8 Å². The molecule has 0 radical (unpaired) electrons. The Bertz CT molecular complexity index is 664. The fourth-order valence-electron chi connectivity index (χ4n) is 1.67. The van der Waals surface area contributed by atoms with E-state index >= 15 is 0 Å². The topological polar surface area (TPSA) is 64.3 Å². The predicted molar refractivity (Wildman–Crippen MR) is 88.7 cm³/mol. The summed E-state index contributed by atoms with van der Waals surface area (Å²) in [4.78, 5) is 12.1. The molecule has 21 heavy (non-hydrogen) atoms. The number of carbonyl (C=O) groups is 1. The Morgan fingerprint density at radius 3 is 2.76 bits per heavy atom. The molecule has 3 N–H and O–H groups in total. The predicted octanol–water partition coefficient (Wildman–Crippen LogP) is 4.09. The van der Waals surface area contributed by atoms with Crippen molar-refractivity contribution in [2.45, 2.75) is 13.0 Å². The zero-order chi connectivity index (χ0) is 15.4. The minimum Gasteiger partial charge on any atom is -0.481 e. The first kappa shape index (κ1) is 15.7. The van der Waals surface area contributed by atoms with Crippen molar-refractivity contribution >= 4 is 44.8 Å². The molecule has 0 aliphatic carbocycles. The van der Waals surface area contributed by atoms with Crippen LogP contribution in [-0.4, -0.2) is 12.0 Å². The van der Waals surface area contributed by atoms with Crippen molar-refractivity contribution < 1.29 is 9.53 Å². The molecule has 6 heteroatoms. The van der Waals surface area contributed by atoms with Crippen LogP contribution in [0.3, 0.4) is 0 Å². The van der Waals surface area contributed by atoms with Crippen LogP contribution in [0.25, 0.3) is 0 Å². The molecule has 1 unspecified atom stereocenters. The number of nitrogens with two attached hydrogens (primary N) is 1. The summed E-state index contributed by atoms with van der Waals surface area (Å²) < 4.78 is 6.47. The third-order valence-electron chi connectivity index (χ3n) is 2.73. The van der Waals surface area contributed by atoms with Gasteiger partial charge in [-0.2, -0.15) is 0 Å². The number of nitrogen functional groups attached to an aromatic ring is 1. The van der Waals surface area contributed by atoms with Crippen molar-refractivity contribution in [2.75, 3.05) is 11.1 Å².